The van der Waals surface area contributed by atoms with Crippen molar-refractivity contribution >= 4 is 22.4 Å². The molecule has 0 aliphatic rings. The van der Waals surface area contributed by atoms with Gasteiger partial charge >= 0.3 is 0 Å². The van der Waals surface area contributed by atoms with Gasteiger partial charge in [-0.15, -0.1) is 0 Å². The zero-order valence-corrected chi connectivity index (χ0v) is 11.9. The van der Waals surface area contributed by atoms with Crippen LogP contribution in [0.25, 0.3) is 0 Å². The summed E-state index contributed by atoms with van der Waals surface area (Å²) >= 11 is 0. The summed E-state index contributed by atoms with van der Waals surface area (Å²) in [4.78, 5) is 8.55. The fraction of sp³-hybridized carbons (Fsp3) is 0.636. The Hall–Kier alpha value is -1.21. The number of hydrogen-bond donors (Lipinski definition) is 3. The molecule has 0 saturated heterocycles. The Bertz CT molecular complexity index is 390. The van der Waals surface area contributed by atoms with Crippen LogP contribution < -0.4 is 16.6 Å². The molecule has 2 atom stereocenters. The number of rotatable bonds is 7. The van der Waals surface area contributed by atoms with Crippen LogP contribution in [0, 0.1) is 0 Å². The summed E-state index contributed by atoms with van der Waals surface area (Å²) in [6.45, 7) is 4.69. The van der Waals surface area contributed by atoms with E-state index in [2.05, 4.69) is 20.7 Å². The zero-order chi connectivity index (χ0) is 13.5. The molecular weight excluding hydrogens is 250 g/mol. The smallest absolute Gasteiger partial charge is 0.145 e. The van der Waals surface area contributed by atoms with Crippen LogP contribution in [0.4, 0.5) is 11.6 Å². The van der Waals surface area contributed by atoms with Crippen LogP contribution >= 0.6 is 0 Å². The van der Waals surface area contributed by atoms with Crippen LogP contribution in [0.2, 0.25) is 0 Å². The SMILES string of the molecule is CCc1nc(NN)cc(NCCC(C)S(C)=O)n1. The van der Waals surface area contributed by atoms with Gasteiger partial charge in [-0.1, -0.05) is 13.8 Å². The topological polar surface area (TPSA) is 92.9 Å². The summed E-state index contributed by atoms with van der Waals surface area (Å²) in [6.07, 6.45) is 3.31. The fourth-order valence-corrected chi connectivity index (χ4v) is 1.84. The van der Waals surface area contributed by atoms with Crippen LogP contribution in [-0.2, 0) is 17.2 Å². The summed E-state index contributed by atoms with van der Waals surface area (Å²) in [5.41, 5.74) is 2.52. The molecule has 6 nitrogen and oxygen atoms in total. The third-order valence-corrected chi connectivity index (χ3v) is 4.03. The van der Waals surface area contributed by atoms with E-state index < -0.39 is 10.8 Å². The monoisotopic (exact) mass is 271 g/mol. The van der Waals surface area contributed by atoms with Crippen LogP contribution in [-0.4, -0.2) is 32.2 Å². The number of hydrogen-bond acceptors (Lipinski definition) is 6. The van der Waals surface area contributed by atoms with Gasteiger partial charge in [-0.25, -0.2) is 15.8 Å². The number of anilines is 2. The van der Waals surface area contributed by atoms with Gasteiger partial charge in [0.2, 0.25) is 0 Å². The van der Waals surface area contributed by atoms with Crippen molar-refractivity contribution in [1.82, 2.24) is 9.97 Å². The molecule has 0 amide bonds. The molecule has 0 spiro atoms. The molecule has 1 aromatic heterocycles. The minimum Gasteiger partial charge on any atom is -0.370 e. The van der Waals surface area contributed by atoms with E-state index in [0.29, 0.717) is 5.82 Å². The third kappa shape index (κ3) is 4.58. The second kappa shape index (κ2) is 7.27. The Kier molecular flexibility index (Phi) is 6.00. The van der Waals surface area contributed by atoms with Crippen molar-refractivity contribution in [2.75, 3.05) is 23.5 Å². The first-order chi connectivity index (χ1) is 8.56. The standard InChI is InChI=1S/C11H21N5OS/c1-4-9-14-10(7-11(15-9)16-12)13-6-5-8(2)18(3)17/h7-8H,4-6,12H2,1-3H3,(H2,13,14,15,16). The predicted octanol–water partition coefficient (Wildman–Crippen LogP) is 0.894. The van der Waals surface area contributed by atoms with Crippen molar-refractivity contribution in [3.05, 3.63) is 11.9 Å². The van der Waals surface area contributed by atoms with E-state index in [1.54, 1.807) is 12.3 Å². The normalized spacial score (nSPS) is 14.0. The zero-order valence-electron chi connectivity index (χ0n) is 11.1. The van der Waals surface area contributed by atoms with Gasteiger partial charge in [-0.3, -0.25) is 4.21 Å². The minimum atomic E-state index is -0.785. The maximum Gasteiger partial charge on any atom is 0.145 e. The number of aryl methyl sites for hydroxylation is 1. The molecule has 7 heteroatoms. The third-order valence-electron chi connectivity index (χ3n) is 2.66. The highest BCUT2D eigenvalue weighted by Gasteiger charge is 2.06. The molecule has 2 unspecified atom stereocenters. The molecule has 1 rings (SSSR count). The van der Waals surface area contributed by atoms with E-state index in [1.165, 1.54) is 0 Å². The average molecular weight is 271 g/mol. The van der Waals surface area contributed by atoms with Crippen molar-refractivity contribution in [2.45, 2.75) is 31.9 Å². The summed E-state index contributed by atoms with van der Waals surface area (Å²) in [5, 5.41) is 3.38. The van der Waals surface area contributed by atoms with Crippen LogP contribution in [0.15, 0.2) is 6.07 Å². The molecular formula is C11H21N5OS. The average Bonchev–Trinajstić information content (AvgIpc) is 2.37. The first-order valence-corrected chi connectivity index (χ1v) is 7.59. The number of aromatic nitrogens is 2. The molecule has 1 heterocycles. The van der Waals surface area contributed by atoms with E-state index in [-0.39, 0.29) is 5.25 Å². The van der Waals surface area contributed by atoms with Gasteiger partial charge in [-0.2, -0.15) is 0 Å². The van der Waals surface area contributed by atoms with Crippen LogP contribution in [0.5, 0.6) is 0 Å². The van der Waals surface area contributed by atoms with Crippen molar-refractivity contribution < 1.29 is 4.21 Å². The fourth-order valence-electron chi connectivity index (χ4n) is 1.39. The highest BCUT2D eigenvalue weighted by atomic mass is 32.2. The van der Waals surface area contributed by atoms with E-state index in [4.69, 9.17) is 5.84 Å². The quantitative estimate of drug-likeness (QED) is 0.504. The molecule has 4 N–H and O–H groups in total. The lowest BCUT2D eigenvalue weighted by atomic mass is 10.3. The molecule has 0 fully saturated rings. The predicted molar refractivity (Wildman–Crippen MR) is 75.9 cm³/mol. The second-order valence-electron chi connectivity index (χ2n) is 4.08. The lowest BCUT2D eigenvalue weighted by Crippen LogP contribution is -2.16. The van der Waals surface area contributed by atoms with Crippen molar-refractivity contribution in [3.63, 3.8) is 0 Å². The molecule has 18 heavy (non-hydrogen) atoms. The summed E-state index contributed by atoms with van der Waals surface area (Å²) in [5.74, 6) is 7.42. The van der Waals surface area contributed by atoms with E-state index >= 15 is 0 Å². The maximum absolute atomic E-state index is 11.2. The number of nitrogen functional groups attached to an aromatic ring is 1. The molecule has 102 valence electrons. The molecule has 0 aliphatic carbocycles. The van der Waals surface area contributed by atoms with Gasteiger partial charge in [0.25, 0.3) is 0 Å². The molecule has 0 bridgehead atoms. The number of nitrogens with two attached hydrogens (primary N) is 1. The first-order valence-electron chi connectivity index (χ1n) is 5.97. The van der Waals surface area contributed by atoms with Crippen LogP contribution in [0.3, 0.4) is 0 Å². The van der Waals surface area contributed by atoms with Gasteiger partial charge in [0.05, 0.1) is 0 Å². The maximum atomic E-state index is 11.2. The molecule has 1 aromatic rings. The molecule has 0 aliphatic heterocycles. The lowest BCUT2D eigenvalue weighted by molar-refractivity contribution is 0.672. The largest absolute Gasteiger partial charge is 0.370 e. The van der Waals surface area contributed by atoms with Gasteiger partial charge in [-0.05, 0) is 6.42 Å². The lowest BCUT2D eigenvalue weighted by Gasteiger charge is -2.11. The summed E-state index contributed by atoms with van der Waals surface area (Å²) in [6, 6.07) is 1.76. The Morgan fingerprint density at radius 1 is 1.44 bits per heavy atom. The summed E-state index contributed by atoms with van der Waals surface area (Å²) in [7, 11) is -0.785. The van der Waals surface area contributed by atoms with Gasteiger partial charge in [0, 0.05) is 41.3 Å². The Balaban J connectivity index is 2.58. The van der Waals surface area contributed by atoms with Gasteiger partial charge < -0.3 is 10.7 Å². The van der Waals surface area contributed by atoms with E-state index in [9.17, 15) is 4.21 Å². The van der Waals surface area contributed by atoms with Crippen molar-refractivity contribution in [3.8, 4) is 0 Å². The molecule has 0 radical (unpaired) electrons. The summed E-state index contributed by atoms with van der Waals surface area (Å²) < 4.78 is 11.2. The van der Waals surface area contributed by atoms with E-state index in [0.717, 1.165) is 31.0 Å². The highest BCUT2D eigenvalue weighted by molar-refractivity contribution is 7.84. The Morgan fingerprint density at radius 2 is 2.11 bits per heavy atom. The second-order valence-corrected chi connectivity index (χ2v) is 5.88. The van der Waals surface area contributed by atoms with E-state index in [1.807, 2.05) is 13.8 Å². The Morgan fingerprint density at radius 3 is 2.67 bits per heavy atom. The molecule has 0 aromatic carbocycles. The minimum absolute atomic E-state index is 0.178. The van der Waals surface area contributed by atoms with Gasteiger partial charge in [0.15, 0.2) is 0 Å². The number of hydrazine groups is 1. The Labute approximate surface area is 110 Å². The van der Waals surface area contributed by atoms with Crippen molar-refractivity contribution in [2.24, 2.45) is 5.84 Å². The van der Waals surface area contributed by atoms with Crippen molar-refractivity contribution in [1.29, 1.82) is 0 Å². The first kappa shape index (κ1) is 14.8. The molecule has 0 saturated carbocycles. The number of nitrogens with one attached hydrogen (secondary N) is 2. The van der Waals surface area contributed by atoms with Crippen LogP contribution in [0.1, 0.15) is 26.1 Å². The van der Waals surface area contributed by atoms with Gasteiger partial charge in [0.1, 0.15) is 17.5 Å². The highest BCUT2D eigenvalue weighted by Crippen LogP contribution is 2.11. The number of nitrogens with zero attached hydrogens (tertiary/aromatic N) is 2.